The molecule has 0 amide bonds. The first-order valence-corrected chi connectivity index (χ1v) is 7.13. The molecule has 3 heteroatoms. The number of piperidine rings is 1. The molecule has 0 spiro atoms. The molecule has 0 aliphatic carbocycles. The van der Waals surface area contributed by atoms with Crippen LogP contribution in [0.15, 0.2) is 0 Å². The number of hydrogen-bond acceptors (Lipinski definition) is 2. The van der Waals surface area contributed by atoms with Gasteiger partial charge in [-0.15, -0.1) is 0 Å². The third-order valence-electron chi connectivity index (χ3n) is 4.09. The van der Waals surface area contributed by atoms with Crippen LogP contribution in [0.5, 0.6) is 0 Å². The summed E-state index contributed by atoms with van der Waals surface area (Å²) in [5.74, 6) is 0.124. The van der Waals surface area contributed by atoms with Crippen LogP contribution < -0.4 is 0 Å². The highest BCUT2D eigenvalue weighted by Gasteiger charge is 2.24. The van der Waals surface area contributed by atoms with Gasteiger partial charge in [-0.2, -0.15) is 0 Å². The lowest BCUT2D eigenvalue weighted by atomic mass is 9.94. The van der Waals surface area contributed by atoms with Gasteiger partial charge in [-0.05, 0) is 31.7 Å². The molecule has 3 nitrogen and oxygen atoms in total. The van der Waals surface area contributed by atoms with Gasteiger partial charge in [-0.25, -0.2) is 0 Å². The van der Waals surface area contributed by atoms with E-state index in [9.17, 15) is 4.79 Å². The molecule has 1 saturated heterocycles. The van der Waals surface area contributed by atoms with Gasteiger partial charge in [0.2, 0.25) is 0 Å². The summed E-state index contributed by atoms with van der Waals surface area (Å²) in [7, 11) is 0. The summed E-state index contributed by atoms with van der Waals surface area (Å²) in [6.07, 6.45) is 7.36. The Kier molecular flexibility index (Phi) is 6.56. The summed E-state index contributed by atoms with van der Waals surface area (Å²) in [6.45, 7) is 6.84. The minimum Gasteiger partial charge on any atom is -0.481 e. The Morgan fingerprint density at radius 2 is 2.06 bits per heavy atom. The zero-order valence-electron chi connectivity index (χ0n) is 11.3. The third-order valence-corrected chi connectivity index (χ3v) is 4.09. The van der Waals surface area contributed by atoms with Crippen molar-refractivity contribution in [3.05, 3.63) is 0 Å². The van der Waals surface area contributed by atoms with E-state index in [4.69, 9.17) is 5.11 Å². The van der Waals surface area contributed by atoms with E-state index in [1.807, 2.05) is 0 Å². The summed E-state index contributed by atoms with van der Waals surface area (Å²) in [5.41, 5.74) is 0. The standard InChI is InChI=1S/C14H27NO2/c1-3-12(4-2)11-15-10-6-5-7-13(15)8-9-14(16)17/h12-13H,3-11H2,1-2H3,(H,16,17). The molecule has 0 radical (unpaired) electrons. The minimum atomic E-state index is -0.655. The van der Waals surface area contributed by atoms with Crippen molar-refractivity contribution in [1.82, 2.24) is 4.90 Å². The second-order valence-electron chi connectivity index (χ2n) is 5.26. The molecule has 17 heavy (non-hydrogen) atoms. The fraction of sp³-hybridized carbons (Fsp3) is 0.929. The third kappa shape index (κ3) is 5.07. The van der Waals surface area contributed by atoms with Crippen molar-refractivity contribution < 1.29 is 9.90 Å². The van der Waals surface area contributed by atoms with Crippen LogP contribution in [0, 0.1) is 5.92 Å². The van der Waals surface area contributed by atoms with E-state index in [0.29, 0.717) is 12.5 Å². The number of carboxylic acids is 1. The van der Waals surface area contributed by atoms with Crippen molar-refractivity contribution in [3.63, 3.8) is 0 Å². The molecule has 1 heterocycles. The van der Waals surface area contributed by atoms with Crippen molar-refractivity contribution in [2.75, 3.05) is 13.1 Å². The first kappa shape index (κ1) is 14.5. The lowest BCUT2D eigenvalue weighted by molar-refractivity contribution is -0.137. The molecule has 1 rings (SSSR count). The number of hydrogen-bond donors (Lipinski definition) is 1. The molecule has 100 valence electrons. The number of nitrogens with zero attached hydrogens (tertiary/aromatic N) is 1. The van der Waals surface area contributed by atoms with Crippen molar-refractivity contribution in [3.8, 4) is 0 Å². The first-order valence-electron chi connectivity index (χ1n) is 7.13. The predicted molar refractivity (Wildman–Crippen MR) is 70.2 cm³/mol. The van der Waals surface area contributed by atoms with E-state index < -0.39 is 5.97 Å². The Hall–Kier alpha value is -0.570. The number of carboxylic acid groups (broad SMARTS) is 1. The Morgan fingerprint density at radius 1 is 1.35 bits per heavy atom. The van der Waals surface area contributed by atoms with E-state index in [1.165, 1.54) is 38.6 Å². The topological polar surface area (TPSA) is 40.5 Å². The van der Waals surface area contributed by atoms with Gasteiger partial charge < -0.3 is 10.0 Å². The van der Waals surface area contributed by atoms with Gasteiger partial charge in [-0.3, -0.25) is 4.79 Å². The zero-order chi connectivity index (χ0) is 12.7. The molecule has 1 unspecified atom stereocenters. The number of likely N-dealkylation sites (tertiary alicyclic amines) is 1. The van der Waals surface area contributed by atoms with E-state index in [2.05, 4.69) is 18.7 Å². The molecule has 0 aromatic rings. The molecule has 1 atom stereocenters. The van der Waals surface area contributed by atoms with Gasteiger partial charge in [-0.1, -0.05) is 33.1 Å². The second kappa shape index (κ2) is 7.70. The van der Waals surface area contributed by atoms with Crippen molar-refractivity contribution in [2.24, 2.45) is 5.92 Å². The van der Waals surface area contributed by atoms with Gasteiger partial charge in [0.1, 0.15) is 0 Å². The van der Waals surface area contributed by atoms with E-state index in [0.717, 1.165) is 18.9 Å². The molecule has 1 aliphatic rings. The monoisotopic (exact) mass is 241 g/mol. The summed E-state index contributed by atoms with van der Waals surface area (Å²) in [4.78, 5) is 13.2. The van der Waals surface area contributed by atoms with Crippen LogP contribution in [0.3, 0.4) is 0 Å². The number of aliphatic carboxylic acids is 1. The smallest absolute Gasteiger partial charge is 0.303 e. The van der Waals surface area contributed by atoms with Crippen LogP contribution in [0.25, 0.3) is 0 Å². The zero-order valence-corrected chi connectivity index (χ0v) is 11.3. The highest BCUT2D eigenvalue weighted by atomic mass is 16.4. The average molecular weight is 241 g/mol. The van der Waals surface area contributed by atoms with Gasteiger partial charge in [0.25, 0.3) is 0 Å². The van der Waals surface area contributed by atoms with E-state index >= 15 is 0 Å². The van der Waals surface area contributed by atoms with Gasteiger partial charge >= 0.3 is 5.97 Å². The normalized spacial score (nSPS) is 21.9. The Balaban J connectivity index is 2.44. The van der Waals surface area contributed by atoms with E-state index in [-0.39, 0.29) is 0 Å². The average Bonchev–Trinajstić information content (AvgIpc) is 2.34. The SMILES string of the molecule is CCC(CC)CN1CCCCC1CCC(=O)O. The number of carbonyl (C=O) groups is 1. The highest BCUT2D eigenvalue weighted by Crippen LogP contribution is 2.23. The molecule has 0 aromatic heterocycles. The van der Waals surface area contributed by atoms with Crippen LogP contribution in [-0.4, -0.2) is 35.1 Å². The fourth-order valence-electron chi connectivity index (χ4n) is 2.80. The molecular weight excluding hydrogens is 214 g/mol. The van der Waals surface area contributed by atoms with Gasteiger partial charge in [0.15, 0.2) is 0 Å². The quantitative estimate of drug-likeness (QED) is 0.744. The van der Waals surface area contributed by atoms with Gasteiger partial charge in [0.05, 0.1) is 0 Å². The molecule has 1 fully saturated rings. The van der Waals surface area contributed by atoms with Crippen LogP contribution in [0.2, 0.25) is 0 Å². The van der Waals surface area contributed by atoms with Crippen molar-refractivity contribution >= 4 is 5.97 Å². The molecule has 0 saturated carbocycles. The Morgan fingerprint density at radius 3 is 2.65 bits per heavy atom. The Labute approximate surface area is 105 Å². The summed E-state index contributed by atoms with van der Waals surface area (Å²) in [6, 6.07) is 0.514. The summed E-state index contributed by atoms with van der Waals surface area (Å²) >= 11 is 0. The first-order chi connectivity index (χ1) is 8.17. The summed E-state index contributed by atoms with van der Waals surface area (Å²) < 4.78 is 0. The minimum absolute atomic E-state index is 0.323. The van der Waals surface area contributed by atoms with Crippen molar-refractivity contribution in [1.29, 1.82) is 0 Å². The highest BCUT2D eigenvalue weighted by molar-refractivity contribution is 5.66. The molecule has 1 N–H and O–H groups in total. The van der Waals surface area contributed by atoms with Crippen LogP contribution >= 0.6 is 0 Å². The maximum absolute atomic E-state index is 10.7. The van der Waals surface area contributed by atoms with Crippen LogP contribution in [0.4, 0.5) is 0 Å². The van der Waals surface area contributed by atoms with Gasteiger partial charge in [0, 0.05) is 19.0 Å². The number of rotatable bonds is 7. The van der Waals surface area contributed by atoms with Crippen LogP contribution in [-0.2, 0) is 4.79 Å². The lowest BCUT2D eigenvalue weighted by Crippen LogP contribution is -2.42. The summed E-state index contributed by atoms with van der Waals surface area (Å²) in [5, 5.41) is 8.79. The molecule has 0 bridgehead atoms. The second-order valence-corrected chi connectivity index (χ2v) is 5.26. The maximum atomic E-state index is 10.7. The van der Waals surface area contributed by atoms with E-state index in [1.54, 1.807) is 0 Å². The van der Waals surface area contributed by atoms with Crippen LogP contribution in [0.1, 0.15) is 58.8 Å². The predicted octanol–water partition coefficient (Wildman–Crippen LogP) is 3.14. The largest absolute Gasteiger partial charge is 0.481 e. The Bertz CT molecular complexity index is 226. The fourth-order valence-corrected chi connectivity index (χ4v) is 2.80. The maximum Gasteiger partial charge on any atom is 0.303 e. The lowest BCUT2D eigenvalue weighted by Gasteiger charge is -2.37. The molecular formula is C14H27NO2. The van der Waals surface area contributed by atoms with Crippen molar-refractivity contribution in [2.45, 2.75) is 64.8 Å². The molecule has 1 aliphatic heterocycles. The molecule has 0 aromatic carbocycles.